The Balaban J connectivity index is 2.56. The van der Waals surface area contributed by atoms with E-state index in [4.69, 9.17) is 4.74 Å². The van der Waals surface area contributed by atoms with E-state index in [0.717, 1.165) is 5.76 Å². The van der Waals surface area contributed by atoms with Gasteiger partial charge in [0, 0.05) is 6.08 Å². The van der Waals surface area contributed by atoms with Gasteiger partial charge in [0.25, 0.3) is 0 Å². The molecule has 1 unspecified atom stereocenters. The molecule has 0 aromatic rings. The lowest BCUT2D eigenvalue weighted by Gasteiger charge is -2.06. The molecule has 1 aliphatic heterocycles. The van der Waals surface area contributed by atoms with Gasteiger partial charge in [-0.05, 0) is 13.8 Å². The highest BCUT2D eigenvalue weighted by Crippen LogP contribution is 2.28. The van der Waals surface area contributed by atoms with Crippen molar-refractivity contribution in [2.45, 2.75) is 19.1 Å². The Morgan fingerprint density at radius 1 is 1.80 bits per heavy atom. The average Bonchev–Trinajstić information content (AvgIpc) is 2.13. The molecule has 10 heavy (non-hydrogen) atoms. The van der Waals surface area contributed by atoms with E-state index in [1.54, 1.807) is 6.08 Å². The van der Waals surface area contributed by atoms with E-state index in [1.807, 2.05) is 13.8 Å². The highest BCUT2D eigenvalue weighted by atomic mass is 32.2. The number of carbonyl (C=O) groups excluding carboxylic acids is 1. The van der Waals surface area contributed by atoms with Crippen LogP contribution in [-0.4, -0.2) is 17.0 Å². The Morgan fingerprint density at radius 2 is 2.50 bits per heavy atom. The molecule has 1 aliphatic rings. The molecule has 0 aromatic carbocycles. The van der Waals surface area contributed by atoms with Crippen LogP contribution < -0.4 is 0 Å². The minimum atomic E-state index is 0.107. The van der Waals surface area contributed by atoms with E-state index >= 15 is 0 Å². The van der Waals surface area contributed by atoms with Crippen molar-refractivity contribution < 1.29 is 9.53 Å². The molecule has 0 fully saturated rings. The van der Waals surface area contributed by atoms with Crippen LogP contribution in [0, 0.1) is 0 Å². The molecule has 0 saturated heterocycles. The van der Waals surface area contributed by atoms with Crippen molar-refractivity contribution in [3.63, 3.8) is 0 Å². The summed E-state index contributed by atoms with van der Waals surface area (Å²) in [4.78, 5) is 10.7. The second-order valence-electron chi connectivity index (χ2n) is 2.06. The second kappa shape index (κ2) is 3.10. The summed E-state index contributed by atoms with van der Waals surface area (Å²) in [6.07, 6.45) is 1.57. The summed E-state index contributed by atoms with van der Waals surface area (Å²) in [6, 6.07) is 0. The van der Waals surface area contributed by atoms with Gasteiger partial charge in [-0.1, -0.05) is 11.8 Å². The van der Waals surface area contributed by atoms with Crippen LogP contribution in [0.2, 0.25) is 0 Å². The predicted octanol–water partition coefficient (Wildman–Crippen LogP) is 1.57. The Labute approximate surface area is 64.6 Å². The van der Waals surface area contributed by atoms with E-state index in [9.17, 15) is 4.79 Å². The van der Waals surface area contributed by atoms with Crippen LogP contribution in [0.4, 0.5) is 0 Å². The fourth-order valence-corrected chi connectivity index (χ4v) is 1.61. The lowest BCUT2D eigenvalue weighted by Crippen LogP contribution is -2.00. The van der Waals surface area contributed by atoms with Gasteiger partial charge < -0.3 is 4.74 Å². The number of thioether (sulfide) groups is 1. The Kier molecular flexibility index (Phi) is 2.38. The van der Waals surface area contributed by atoms with Crippen LogP contribution in [-0.2, 0) is 9.53 Å². The number of carbonyl (C=O) groups is 1. The van der Waals surface area contributed by atoms with Crippen LogP contribution in [0.1, 0.15) is 13.8 Å². The van der Waals surface area contributed by atoms with Crippen molar-refractivity contribution in [3.05, 3.63) is 11.8 Å². The van der Waals surface area contributed by atoms with Crippen molar-refractivity contribution >= 4 is 16.9 Å². The first-order valence-corrected chi connectivity index (χ1v) is 4.17. The quantitative estimate of drug-likeness (QED) is 0.610. The van der Waals surface area contributed by atoms with E-state index in [0.29, 0.717) is 6.61 Å². The average molecular weight is 158 g/mol. The second-order valence-corrected chi connectivity index (χ2v) is 3.40. The van der Waals surface area contributed by atoms with Gasteiger partial charge in [-0.15, -0.1) is 0 Å². The van der Waals surface area contributed by atoms with Gasteiger partial charge >= 0.3 is 0 Å². The third kappa shape index (κ3) is 1.53. The van der Waals surface area contributed by atoms with Gasteiger partial charge in [0.2, 0.25) is 5.12 Å². The molecule has 0 aromatic heterocycles. The Morgan fingerprint density at radius 3 is 2.90 bits per heavy atom. The molecule has 0 radical (unpaired) electrons. The summed E-state index contributed by atoms with van der Waals surface area (Å²) in [6.45, 7) is 4.53. The zero-order valence-corrected chi connectivity index (χ0v) is 6.90. The molecule has 0 saturated carbocycles. The maximum atomic E-state index is 10.7. The molecule has 1 atom stereocenters. The van der Waals surface area contributed by atoms with Gasteiger partial charge in [-0.3, -0.25) is 4.79 Å². The largest absolute Gasteiger partial charge is 0.497 e. The SMILES string of the molecule is CCOC1=CC(=O)SC1C. The molecular formula is C7H10O2S. The minimum absolute atomic E-state index is 0.107. The summed E-state index contributed by atoms with van der Waals surface area (Å²) in [5.41, 5.74) is 0. The van der Waals surface area contributed by atoms with Gasteiger partial charge in [-0.25, -0.2) is 0 Å². The van der Waals surface area contributed by atoms with E-state index in [2.05, 4.69) is 0 Å². The van der Waals surface area contributed by atoms with Crippen LogP contribution in [0.5, 0.6) is 0 Å². The normalized spacial score (nSPS) is 24.8. The monoisotopic (exact) mass is 158 g/mol. The molecule has 0 amide bonds. The molecule has 0 aliphatic carbocycles. The third-order valence-corrected chi connectivity index (χ3v) is 2.20. The summed E-state index contributed by atoms with van der Waals surface area (Å²) >= 11 is 1.31. The van der Waals surface area contributed by atoms with Crippen LogP contribution in [0.15, 0.2) is 11.8 Å². The number of ether oxygens (including phenoxy) is 1. The first-order chi connectivity index (χ1) is 4.74. The highest BCUT2D eigenvalue weighted by molar-refractivity contribution is 8.15. The maximum Gasteiger partial charge on any atom is 0.216 e. The maximum absolute atomic E-state index is 10.7. The first kappa shape index (κ1) is 7.66. The topological polar surface area (TPSA) is 26.3 Å². The molecular weight excluding hydrogens is 148 g/mol. The molecule has 0 N–H and O–H groups in total. The number of hydrogen-bond acceptors (Lipinski definition) is 3. The molecule has 2 nitrogen and oxygen atoms in total. The highest BCUT2D eigenvalue weighted by Gasteiger charge is 2.22. The number of hydrogen-bond donors (Lipinski definition) is 0. The molecule has 3 heteroatoms. The van der Waals surface area contributed by atoms with Crippen LogP contribution in [0.3, 0.4) is 0 Å². The zero-order valence-electron chi connectivity index (χ0n) is 6.09. The summed E-state index contributed by atoms with van der Waals surface area (Å²) in [5.74, 6) is 0.817. The zero-order chi connectivity index (χ0) is 7.56. The van der Waals surface area contributed by atoms with E-state index < -0.39 is 0 Å². The molecule has 0 spiro atoms. The van der Waals surface area contributed by atoms with Crippen molar-refractivity contribution in [2.24, 2.45) is 0 Å². The molecule has 1 heterocycles. The smallest absolute Gasteiger partial charge is 0.216 e. The van der Waals surface area contributed by atoms with Gasteiger partial charge in [0.1, 0.15) is 5.76 Å². The fourth-order valence-electron chi connectivity index (χ4n) is 0.826. The van der Waals surface area contributed by atoms with Crippen LogP contribution in [0.25, 0.3) is 0 Å². The van der Waals surface area contributed by atoms with Crippen molar-refractivity contribution in [2.75, 3.05) is 6.61 Å². The lowest BCUT2D eigenvalue weighted by molar-refractivity contribution is -0.107. The summed E-state index contributed by atoms with van der Waals surface area (Å²) in [7, 11) is 0. The number of rotatable bonds is 2. The van der Waals surface area contributed by atoms with Gasteiger partial charge in [-0.2, -0.15) is 0 Å². The fraction of sp³-hybridized carbons (Fsp3) is 0.571. The van der Waals surface area contributed by atoms with Crippen molar-refractivity contribution in [3.8, 4) is 0 Å². The third-order valence-electron chi connectivity index (χ3n) is 1.26. The minimum Gasteiger partial charge on any atom is -0.497 e. The van der Waals surface area contributed by atoms with Gasteiger partial charge in [0.15, 0.2) is 0 Å². The molecule has 1 rings (SSSR count). The first-order valence-electron chi connectivity index (χ1n) is 3.29. The molecule has 0 bridgehead atoms. The predicted molar refractivity (Wildman–Crippen MR) is 41.8 cm³/mol. The van der Waals surface area contributed by atoms with Crippen LogP contribution >= 0.6 is 11.8 Å². The van der Waals surface area contributed by atoms with E-state index in [-0.39, 0.29) is 10.4 Å². The Hall–Kier alpha value is -0.440. The van der Waals surface area contributed by atoms with Gasteiger partial charge in [0.05, 0.1) is 11.9 Å². The lowest BCUT2D eigenvalue weighted by atomic mass is 10.4. The van der Waals surface area contributed by atoms with E-state index in [1.165, 1.54) is 11.8 Å². The summed E-state index contributed by atoms with van der Waals surface area (Å²) < 4.78 is 5.20. The summed E-state index contributed by atoms with van der Waals surface area (Å²) in [5, 5.41) is 0.323. The molecule has 56 valence electrons. The standard InChI is InChI=1S/C7H10O2S/c1-3-9-6-4-7(8)10-5(6)2/h4-5H,3H2,1-2H3. The van der Waals surface area contributed by atoms with Crippen molar-refractivity contribution in [1.82, 2.24) is 0 Å². The van der Waals surface area contributed by atoms with Crippen molar-refractivity contribution in [1.29, 1.82) is 0 Å². The Bertz CT molecular complexity index is 174.